The first-order chi connectivity index (χ1) is 7.81. The van der Waals surface area contributed by atoms with E-state index >= 15 is 0 Å². The Morgan fingerprint density at radius 3 is 2.88 bits per heavy atom. The molecular weight excluding hydrogens is 202 g/mol. The normalized spacial score (nSPS) is 12.4. The molecule has 84 valence electrons. The van der Waals surface area contributed by atoms with E-state index in [9.17, 15) is 0 Å². The van der Waals surface area contributed by atoms with Crippen molar-refractivity contribution in [2.24, 2.45) is 5.73 Å². The van der Waals surface area contributed by atoms with Gasteiger partial charge < -0.3 is 14.9 Å². The summed E-state index contributed by atoms with van der Waals surface area (Å²) in [6.45, 7) is 2.61. The molecule has 0 aliphatic rings. The minimum Gasteiger partial charge on any atom is -0.494 e. The number of nitrogens with two attached hydrogens (primary N) is 1. The number of furan rings is 1. The molecule has 1 aromatic heterocycles. The summed E-state index contributed by atoms with van der Waals surface area (Å²) in [6.07, 6.45) is 1.63. The van der Waals surface area contributed by atoms with Gasteiger partial charge in [0.15, 0.2) is 0 Å². The average molecular weight is 217 g/mol. The number of rotatable bonds is 4. The molecule has 1 heterocycles. The van der Waals surface area contributed by atoms with Crippen LogP contribution in [0.1, 0.15) is 24.3 Å². The molecule has 16 heavy (non-hydrogen) atoms. The molecule has 3 nitrogen and oxygen atoms in total. The zero-order valence-electron chi connectivity index (χ0n) is 9.22. The van der Waals surface area contributed by atoms with E-state index in [1.165, 1.54) is 0 Å². The van der Waals surface area contributed by atoms with Gasteiger partial charge in [-0.25, -0.2) is 0 Å². The van der Waals surface area contributed by atoms with Gasteiger partial charge in [0.05, 0.1) is 18.9 Å². The largest absolute Gasteiger partial charge is 0.494 e. The molecular formula is C13H15NO2. The van der Waals surface area contributed by atoms with E-state index in [0.29, 0.717) is 6.61 Å². The SMILES string of the molecule is CCOc1cccc(C(N)c2ccco2)c1. The van der Waals surface area contributed by atoms with Crippen LogP contribution in [0.25, 0.3) is 0 Å². The second-order valence-electron chi connectivity index (χ2n) is 3.50. The maximum absolute atomic E-state index is 6.08. The van der Waals surface area contributed by atoms with Crippen LogP contribution in [0.2, 0.25) is 0 Å². The molecule has 0 saturated carbocycles. The lowest BCUT2D eigenvalue weighted by molar-refractivity contribution is 0.339. The van der Waals surface area contributed by atoms with Crippen LogP contribution >= 0.6 is 0 Å². The Bertz CT molecular complexity index is 437. The molecule has 0 spiro atoms. The minimum atomic E-state index is -0.240. The minimum absolute atomic E-state index is 0.240. The highest BCUT2D eigenvalue weighted by molar-refractivity contribution is 5.33. The molecule has 0 amide bonds. The summed E-state index contributed by atoms with van der Waals surface area (Å²) in [6, 6.07) is 11.2. The molecule has 1 atom stereocenters. The predicted molar refractivity (Wildman–Crippen MR) is 62.3 cm³/mol. The smallest absolute Gasteiger partial charge is 0.124 e. The lowest BCUT2D eigenvalue weighted by atomic mass is 10.1. The van der Waals surface area contributed by atoms with Crippen molar-refractivity contribution in [3.05, 3.63) is 54.0 Å². The number of hydrogen-bond donors (Lipinski definition) is 1. The van der Waals surface area contributed by atoms with E-state index in [2.05, 4.69) is 0 Å². The third kappa shape index (κ3) is 2.25. The Kier molecular flexibility index (Phi) is 3.27. The zero-order valence-corrected chi connectivity index (χ0v) is 9.22. The van der Waals surface area contributed by atoms with Gasteiger partial charge in [-0.1, -0.05) is 12.1 Å². The van der Waals surface area contributed by atoms with Crippen LogP contribution in [0.15, 0.2) is 47.1 Å². The highest BCUT2D eigenvalue weighted by Gasteiger charge is 2.11. The van der Waals surface area contributed by atoms with Gasteiger partial charge in [-0.3, -0.25) is 0 Å². The van der Waals surface area contributed by atoms with Gasteiger partial charge in [0, 0.05) is 0 Å². The summed E-state index contributed by atoms with van der Waals surface area (Å²) in [4.78, 5) is 0. The second kappa shape index (κ2) is 4.86. The quantitative estimate of drug-likeness (QED) is 0.856. The van der Waals surface area contributed by atoms with Crippen molar-refractivity contribution in [2.45, 2.75) is 13.0 Å². The van der Waals surface area contributed by atoms with E-state index in [0.717, 1.165) is 17.1 Å². The maximum atomic E-state index is 6.08. The van der Waals surface area contributed by atoms with Crippen molar-refractivity contribution >= 4 is 0 Å². The fraction of sp³-hybridized carbons (Fsp3) is 0.231. The van der Waals surface area contributed by atoms with Crippen molar-refractivity contribution in [2.75, 3.05) is 6.61 Å². The summed E-state index contributed by atoms with van der Waals surface area (Å²) >= 11 is 0. The Balaban J connectivity index is 2.23. The molecule has 1 unspecified atom stereocenters. The van der Waals surface area contributed by atoms with E-state index in [1.807, 2.05) is 43.3 Å². The molecule has 2 aromatic rings. The van der Waals surface area contributed by atoms with Gasteiger partial charge in [-0.05, 0) is 36.8 Å². The number of benzene rings is 1. The van der Waals surface area contributed by atoms with Crippen LogP contribution in [0.5, 0.6) is 5.75 Å². The molecule has 1 aromatic carbocycles. The van der Waals surface area contributed by atoms with Crippen molar-refractivity contribution in [1.29, 1.82) is 0 Å². The first-order valence-electron chi connectivity index (χ1n) is 5.33. The highest BCUT2D eigenvalue weighted by Crippen LogP contribution is 2.23. The summed E-state index contributed by atoms with van der Waals surface area (Å²) < 4.78 is 10.7. The molecule has 2 rings (SSSR count). The summed E-state index contributed by atoms with van der Waals surface area (Å²) in [5, 5.41) is 0. The average Bonchev–Trinajstić information content (AvgIpc) is 2.82. The van der Waals surface area contributed by atoms with Gasteiger partial charge in [0.2, 0.25) is 0 Å². The standard InChI is InChI=1S/C13H15NO2/c1-2-15-11-6-3-5-10(9-11)13(14)12-7-4-8-16-12/h3-9,13H,2,14H2,1H3. The van der Waals surface area contributed by atoms with Crippen LogP contribution in [0.4, 0.5) is 0 Å². The van der Waals surface area contributed by atoms with Crippen molar-refractivity contribution in [1.82, 2.24) is 0 Å². The third-order valence-corrected chi connectivity index (χ3v) is 2.38. The summed E-state index contributed by atoms with van der Waals surface area (Å²) in [5.74, 6) is 1.59. The molecule has 0 bridgehead atoms. The predicted octanol–water partition coefficient (Wildman–Crippen LogP) is 2.73. The number of ether oxygens (including phenoxy) is 1. The monoisotopic (exact) mass is 217 g/mol. The topological polar surface area (TPSA) is 48.4 Å². The third-order valence-electron chi connectivity index (χ3n) is 2.38. The molecule has 0 aliphatic carbocycles. The van der Waals surface area contributed by atoms with Crippen molar-refractivity contribution in [3.8, 4) is 5.75 Å². The zero-order chi connectivity index (χ0) is 11.4. The summed E-state index contributed by atoms with van der Waals surface area (Å²) in [5.41, 5.74) is 7.06. The van der Waals surface area contributed by atoms with Crippen molar-refractivity contribution < 1.29 is 9.15 Å². The number of hydrogen-bond acceptors (Lipinski definition) is 3. The van der Waals surface area contributed by atoms with E-state index in [-0.39, 0.29) is 6.04 Å². The van der Waals surface area contributed by atoms with Gasteiger partial charge >= 0.3 is 0 Å². The second-order valence-corrected chi connectivity index (χ2v) is 3.50. The van der Waals surface area contributed by atoms with Crippen LogP contribution in [0.3, 0.4) is 0 Å². The van der Waals surface area contributed by atoms with Gasteiger partial charge in [0.25, 0.3) is 0 Å². The van der Waals surface area contributed by atoms with Gasteiger partial charge in [-0.2, -0.15) is 0 Å². The van der Waals surface area contributed by atoms with Crippen molar-refractivity contribution in [3.63, 3.8) is 0 Å². The Morgan fingerprint density at radius 2 is 2.19 bits per heavy atom. The Hall–Kier alpha value is -1.74. The van der Waals surface area contributed by atoms with Crippen LogP contribution < -0.4 is 10.5 Å². The lowest BCUT2D eigenvalue weighted by Gasteiger charge is -2.11. The highest BCUT2D eigenvalue weighted by atomic mass is 16.5. The maximum Gasteiger partial charge on any atom is 0.124 e. The van der Waals surface area contributed by atoms with Gasteiger partial charge in [0.1, 0.15) is 11.5 Å². The van der Waals surface area contributed by atoms with Crippen LogP contribution in [-0.2, 0) is 0 Å². The Labute approximate surface area is 94.8 Å². The molecule has 3 heteroatoms. The van der Waals surface area contributed by atoms with E-state index < -0.39 is 0 Å². The Morgan fingerprint density at radius 1 is 1.31 bits per heavy atom. The first kappa shape index (κ1) is 10.8. The molecule has 0 saturated heterocycles. The fourth-order valence-electron chi connectivity index (χ4n) is 1.60. The van der Waals surface area contributed by atoms with E-state index in [4.69, 9.17) is 14.9 Å². The molecule has 0 radical (unpaired) electrons. The fourth-order valence-corrected chi connectivity index (χ4v) is 1.60. The first-order valence-corrected chi connectivity index (χ1v) is 5.33. The van der Waals surface area contributed by atoms with Crippen LogP contribution in [-0.4, -0.2) is 6.61 Å². The van der Waals surface area contributed by atoms with Crippen LogP contribution in [0, 0.1) is 0 Å². The lowest BCUT2D eigenvalue weighted by Crippen LogP contribution is -2.10. The van der Waals surface area contributed by atoms with Gasteiger partial charge in [-0.15, -0.1) is 0 Å². The molecule has 0 fully saturated rings. The molecule has 2 N–H and O–H groups in total. The van der Waals surface area contributed by atoms with E-state index in [1.54, 1.807) is 6.26 Å². The summed E-state index contributed by atoms with van der Waals surface area (Å²) in [7, 11) is 0. The molecule has 0 aliphatic heterocycles.